The zero-order valence-electron chi connectivity index (χ0n) is 10.6. The third kappa shape index (κ3) is 2.12. The molecule has 1 unspecified atom stereocenters. The molecule has 5 heteroatoms. The Morgan fingerprint density at radius 1 is 1.33 bits per heavy atom. The smallest absolute Gasteiger partial charge is 0.0931 e. The second-order valence-corrected chi connectivity index (χ2v) is 4.66. The molecule has 2 aromatic rings. The van der Waals surface area contributed by atoms with Crippen molar-refractivity contribution in [1.29, 1.82) is 0 Å². The number of rotatable bonds is 3. The predicted molar refractivity (Wildman–Crippen MR) is 72.3 cm³/mol. The molecule has 1 aromatic carbocycles. The highest BCUT2D eigenvalue weighted by Gasteiger charge is 2.20. The van der Waals surface area contributed by atoms with E-state index in [1.54, 1.807) is 6.33 Å². The first-order valence-corrected chi connectivity index (χ1v) is 6.43. The Balaban J connectivity index is 1.89. The lowest BCUT2D eigenvalue weighted by molar-refractivity contribution is 0.153. The van der Waals surface area contributed by atoms with E-state index in [4.69, 9.17) is 0 Å². The lowest BCUT2D eigenvalue weighted by Gasteiger charge is -2.34. The number of nitrogens with zero attached hydrogens (tertiary/aromatic N) is 2. The molecule has 1 aliphatic rings. The molecule has 1 aliphatic heterocycles. The number of piperazine rings is 1. The number of benzene rings is 1. The average Bonchev–Trinajstić information content (AvgIpc) is 2.88. The summed E-state index contributed by atoms with van der Waals surface area (Å²) in [6.45, 7) is 4.27. The Labute approximate surface area is 107 Å². The summed E-state index contributed by atoms with van der Waals surface area (Å²) < 4.78 is 0. The zero-order valence-corrected chi connectivity index (χ0v) is 10.6. The first kappa shape index (κ1) is 11.6. The quantitative estimate of drug-likeness (QED) is 0.744. The van der Waals surface area contributed by atoms with Crippen LogP contribution >= 0.6 is 0 Å². The summed E-state index contributed by atoms with van der Waals surface area (Å²) in [5, 5.41) is 6.79. The van der Waals surface area contributed by atoms with E-state index in [9.17, 15) is 0 Å². The Morgan fingerprint density at radius 3 is 2.94 bits per heavy atom. The van der Waals surface area contributed by atoms with E-state index in [1.165, 1.54) is 5.56 Å². The second-order valence-electron chi connectivity index (χ2n) is 4.66. The van der Waals surface area contributed by atoms with Gasteiger partial charge < -0.3 is 15.6 Å². The van der Waals surface area contributed by atoms with Crippen LogP contribution in [-0.2, 0) is 0 Å². The second kappa shape index (κ2) is 5.06. The van der Waals surface area contributed by atoms with Gasteiger partial charge in [0.25, 0.3) is 0 Å². The molecule has 2 heterocycles. The molecule has 1 aromatic heterocycles. The van der Waals surface area contributed by atoms with Crippen LogP contribution in [0.4, 0.5) is 0 Å². The zero-order chi connectivity index (χ0) is 12.4. The largest absolute Gasteiger partial charge is 0.345 e. The summed E-state index contributed by atoms with van der Waals surface area (Å²) in [5.41, 5.74) is 3.41. The molecule has 0 bridgehead atoms. The van der Waals surface area contributed by atoms with Crippen molar-refractivity contribution in [3.63, 3.8) is 0 Å². The fourth-order valence-corrected chi connectivity index (χ4v) is 2.62. The maximum atomic E-state index is 4.26. The van der Waals surface area contributed by atoms with E-state index in [-0.39, 0.29) is 6.17 Å². The number of H-pyrrole nitrogens is 1. The summed E-state index contributed by atoms with van der Waals surface area (Å²) in [4.78, 5) is 9.90. The van der Waals surface area contributed by atoms with Crippen LogP contribution < -0.4 is 10.6 Å². The molecule has 0 aliphatic carbocycles. The SMILES string of the molecule is CNC(c1ccc2nc[nH]c2c1)N1CCNCC1. The average molecular weight is 245 g/mol. The third-order valence-corrected chi connectivity index (χ3v) is 3.55. The minimum absolute atomic E-state index is 0.278. The van der Waals surface area contributed by atoms with E-state index in [1.807, 2.05) is 7.05 Å². The van der Waals surface area contributed by atoms with Crippen LogP contribution in [-0.4, -0.2) is 48.1 Å². The lowest BCUT2D eigenvalue weighted by Crippen LogP contribution is -2.48. The van der Waals surface area contributed by atoms with Gasteiger partial charge in [0.15, 0.2) is 0 Å². The molecule has 3 rings (SSSR count). The molecule has 3 N–H and O–H groups in total. The van der Waals surface area contributed by atoms with Gasteiger partial charge >= 0.3 is 0 Å². The highest BCUT2D eigenvalue weighted by molar-refractivity contribution is 5.75. The Morgan fingerprint density at radius 2 is 2.17 bits per heavy atom. The van der Waals surface area contributed by atoms with Crippen molar-refractivity contribution in [2.45, 2.75) is 6.17 Å². The van der Waals surface area contributed by atoms with Crippen molar-refractivity contribution in [1.82, 2.24) is 25.5 Å². The fourth-order valence-electron chi connectivity index (χ4n) is 2.62. The van der Waals surface area contributed by atoms with Crippen LogP contribution in [0.25, 0.3) is 11.0 Å². The first-order valence-electron chi connectivity index (χ1n) is 6.43. The molecule has 18 heavy (non-hydrogen) atoms. The normalized spacial score (nSPS) is 19.2. The maximum absolute atomic E-state index is 4.26. The molecule has 0 spiro atoms. The van der Waals surface area contributed by atoms with Gasteiger partial charge in [-0.15, -0.1) is 0 Å². The van der Waals surface area contributed by atoms with Crippen LogP contribution in [0.1, 0.15) is 11.7 Å². The molecule has 1 fully saturated rings. The topological polar surface area (TPSA) is 56.0 Å². The van der Waals surface area contributed by atoms with E-state index in [0.29, 0.717) is 0 Å². The number of hydrogen-bond acceptors (Lipinski definition) is 4. The Hall–Kier alpha value is -1.43. The van der Waals surface area contributed by atoms with Gasteiger partial charge in [-0.25, -0.2) is 4.98 Å². The van der Waals surface area contributed by atoms with Gasteiger partial charge in [-0.2, -0.15) is 0 Å². The Kier molecular flexibility index (Phi) is 3.27. The Bertz CT molecular complexity index is 515. The molecule has 1 saturated heterocycles. The minimum atomic E-state index is 0.278. The number of imidazole rings is 1. The third-order valence-electron chi connectivity index (χ3n) is 3.55. The molecule has 1 atom stereocenters. The molecule has 0 radical (unpaired) electrons. The van der Waals surface area contributed by atoms with Gasteiger partial charge in [-0.05, 0) is 24.7 Å². The van der Waals surface area contributed by atoms with Gasteiger partial charge in [-0.3, -0.25) is 4.90 Å². The maximum Gasteiger partial charge on any atom is 0.0931 e. The van der Waals surface area contributed by atoms with Crippen LogP contribution in [0, 0.1) is 0 Å². The van der Waals surface area contributed by atoms with Gasteiger partial charge in [0, 0.05) is 26.2 Å². The molecular formula is C13H19N5. The van der Waals surface area contributed by atoms with Crippen LogP contribution in [0.15, 0.2) is 24.5 Å². The highest BCUT2D eigenvalue weighted by atomic mass is 15.3. The van der Waals surface area contributed by atoms with Gasteiger partial charge in [0.05, 0.1) is 23.5 Å². The van der Waals surface area contributed by atoms with Crippen molar-refractivity contribution in [2.24, 2.45) is 0 Å². The number of aromatic amines is 1. The van der Waals surface area contributed by atoms with Crippen molar-refractivity contribution in [3.8, 4) is 0 Å². The van der Waals surface area contributed by atoms with Gasteiger partial charge in [0.1, 0.15) is 0 Å². The summed E-state index contributed by atoms with van der Waals surface area (Å²) in [5.74, 6) is 0. The van der Waals surface area contributed by atoms with Crippen molar-refractivity contribution in [3.05, 3.63) is 30.1 Å². The fraction of sp³-hybridized carbons (Fsp3) is 0.462. The van der Waals surface area contributed by atoms with Gasteiger partial charge in [0.2, 0.25) is 0 Å². The van der Waals surface area contributed by atoms with Crippen LogP contribution in [0.2, 0.25) is 0 Å². The van der Waals surface area contributed by atoms with E-state index in [0.717, 1.165) is 37.2 Å². The number of nitrogens with one attached hydrogen (secondary N) is 3. The predicted octanol–water partition coefficient (Wildman–Crippen LogP) is 0.686. The molecule has 0 amide bonds. The molecule has 0 saturated carbocycles. The standard InChI is InChI=1S/C13H19N5/c1-14-13(18-6-4-15-5-7-18)10-2-3-11-12(8-10)17-9-16-11/h2-3,8-9,13-15H,4-7H2,1H3,(H,16,17). The van der Waals surface area contributed by atoms with E-state index in [2.05, 4.69) is 43.7 Å². The molecule has 5 nitrogen and oxygen atoms in total. The summed E-state index contributed by atoms with van der Waals surface area (Å²) in [7, 11) is 2.02. The van der Waals surface area contributed by atoms with Crippen molar-refractivity contribution >= 4 is 11.0 Å². The number of hydrogen-bond donors (Lipinski definition) is 3. The summed E-state index contributed by atoms with van der Waals surface area (Å²) in [6.07, 6.45) is 2.02. The van der Waals surface area contributed by atoms with Crippen LogP contribution in [0.5, 0.6) is 0 Å². The van der Waals surface area contributed by atoms with E-state index >= 15 is 0 Å². The monoisotopic (exact) mass is 245 g/mol. The summed E-state index contributed by atoms with van der Waals surface area (Å²) in [6, 6.07) is 6.42. The molecular weight excluding hydrogens is 226 g/mol. The number of aromatic nitrogens is 2. The summed E-state index contributed by atoms with van der Waals surface area (Å²) >= 11 is 0. The van der Waals surface area contributed by atoms with Crippen molar-refractivity contribution in [2.75, 3.05) is 33.2 Å². The van der Waals surface area contributed by atoms with Crippen LogP contribution in [0.3, 0.4) is 0 Å². The highest BCUT2D eigenvalue weighted by Crippen LogP contribution is 2.21. The van der Waals surface area contributed by atoms with Gasteiger partial charge in [-0.1, -0.05) is 6.07 Å². The van der Waals surface area contributed by atoms with E-state index < -0.39 is 0 Å². The van der Waals surface area contributed by atoms with Crippen molar-refractivity contribution < 1.29 is 0 Å². The minimum Gasteiger partial charge on any atom is -0.345 e. The number of fused-ring (bicyclic) bond motifs is 1. The molecule has 96 valence electrons. The first-order chi connectivity index (χ1) is 8.88. The lowest BCUT2D eigenvalue weighted by atomic mass is 10.1.